The van der Waals surface area contributed by atoms with Crippen LogP contribution in [0.2, 0.25) is 0 Å². The number of benzene rings is 1. The summed E-state index contributed by atoms with van der Waals surface area (Å²) in [7, 11) is 0. The van der Waals surface area contributed by atoms with Crippen LogP contribution in [0.5, 0.6) is 11.5 Å². The van der Waals surface area contributed by atoms with Crippen molar-refractivity contribution in [2.75, 3.05) is 19.8 Å². The van der Waals surface area contributed by atoms with Gasteiger partial charge in [0.2, 0.25) is 0 Å². The van der Waals surface area contributed by atoms with Crippen molar-refractivity contribution in [3.63, 3.8) is 0 Å². The molecular formula is C26H37ClN2O3S. The second kappa shape index (κ2) is 10.7. The van der Waals surface area contributed by atoms with Crippen LogP contribution in [0, 0.1) is 10.8 Å². The van der Waals surface area contributed by atoms with Crippen molar-refractivity contribution in [3.05, 3.63) is 46.2 Å². The van der Waals surface area contributed by atoms with E-state index < -0.39 is 0 Å². The Hall–Kier alpha value is -1.76. The van der Waals surface area contributed by atoms with E-state index in [-0.39, 0.29) is 30.3 Å². The number of likely N-dealkylation sites (tertiary alicyclic amines) is 1. The molecule has 182 valence electrons. The third-order valence-corrected chi connectivity index (χ3v) is 7.48. The summed E-state index contributed by atoms with van der Waals surface area (Å²) < 4.78 is 11.8. The molecule has 5 nitrogen and oxygen atoms in total. The molecule has 1 aliphatic heterocycles. The van der Waals surface area contributed by atoms with Gasteiger partial charge in [-0.15, -0.1) is 23.7 Å². The van der Waals surface area contributed by atoms with Crippen LogP contribution in [0.4, 0.5) is 0 Å². The number of amides is 1. The molecule has 1 saturated carbocycles. The number of thiophene rings is 1. The topological polar surface area (TPSA) is 50.8 Å². The molecule has 2 heterocycles. The third kappa shape index (κ3) is 6.43. The van der Waals surface area contributed by atoms with Crippen LogP contribution in [0.1, 0.15) is 57.4 Å². The van der Waals surface area contributed by atoms with Gasteiger partial charge in [-0.1, -0.05) is 32.9 Å². The Morgan fingerprint density at radius 2 is 1.97 bits per heavy atom. The Balaban J connectivity index is 0.00000306. The van der Waals surface area contributed by atoms with Crippen LogP contribution in [0.3, 0.4) is 0 Å². The number of carbonyl (C=O) groups is 1. The molecule has 0 spiro atoms. The number of ether oxygens (including phenoxy) is 2. The van der Waals surface area contributed by atoms with Crippen LogP contribution >= 0.6 is 23.7 Å². The SMILES string of the molecule is CCOc1cc(CNCc2cccs2)ccc1OCC(=O)N1CC2(C)CC1CC(C)(C)C2.Cl. The van der Waals surface area contributed by atoms with Crippen LogP contribution in [0.15, 0.2) is 35.7 Å². The molecule has 2 aromatic rings. The number of nitrogens with zero attached hydrogens (tertiary/aromatic N) is 1. The van der Waals surface area contributed by atoms with E-state index in [2.05, 4.69) is 48.5 Å². The van der Waals surface area contributed by atoms with Gasteiger partial charge in [-0.3, -0.25) is 4.79 Å². The highest BCUT2D eigenvalue weighted by molar-refractivity contribution is 7.09. The molecule has 2 unspecified atom stereocenters. The first-order valence-electron chi connectivity index (χ1n) is 11.7. The van der Waals surface area contributed by atoms with Gasteiger partial charge in [0.1, 0.15) is 0 Å². The first-order valence-corrected chi connectivity index (χ1v) is 12.6. The maximum atomic E-state index is 13.1. The predicted molar refractivity (Wildman–Crippen MR) is 136 cm³/mol. The molecule has 1 N–H and O–H groups in total. The molecule has 2 fully saturated rings. The van der Waals surface area contributed by atoms with Crippen molar-refractivity contribution >= 4 is 29.7 Å². The van der Waals surface area contributed by atoms with E-state index in [0.29, 0.717) is 29.6 Å². The first-order chi connectivity index (χ1) is 15.3. The normalized spacial score (nSPS) is 23.2. The van der Waals surface area contributed by atoms with Crippen molar-refractivity contribution in [2.45, 2.75) is 66.1 Å². The maximum absolute atomic E-state index is 13.1. The van der Waals surface area contributed by atoms with E-state index in [1.54, 1.807) is 11.3 Å². The summed E-state index contributed by atoms with van der Waals surface area (Å²) in [6.45, 7) is 12.0. The summed E-state index contributed by atoms with van der Waals surface area (Å²) in [4.78, 5) is 16.4. The van der Waals surface area contributed by atoms with Crippen LogP contribution in [0.25, 0.3) is 0 Å². The van der Waals surface area contributed by atoms with Gasteiger partial charge < -0.3 is 19.7 Å². The fourth-order valence-electron chi connectivity index (χ4n) is 5.77. The average Bonchev–Trinajstić information content (AvgIpc) is 3.32. The molecule has 1 aromatic carbocycles. The summed E-state index contributed by atoms with van der Waals surface area (Å²) in [5.41, 5.74) is 1.66. The summed E-state index contributed by atoms with van der Waals surface area (Å²) in [6, 6.07) is 10.5. The number of hydrogen-bond acceptors (Lipinski definition) is 5. The zero-order valence-corrected chi connectivity index (χ0v) is 21.8. The van der Waals surface area contributed by atoms with Crippen LogP contribution in [-0.4, -0.2) is 36.6 Å². The molecule has 1 aliphatic carbocycles. The summed E-state index contributed by atoms with van der Waals surface area (Å²) >= 11 is 1.75. The predicted octanol–water partition coefficient (Wildman–Crippen LogP) is 5.66. The molecule has 7 heteroatoms. The zero-order chi connectivity index (χ0) is 22.8. The van der Waals surface area contributed by atoms with E-state index in [9.17, 15) is 4.79 Å². The van der Waals surface area contributed by atoms with Gasteiger partial charge in [0.15, 0.2) is 18.1 Å². The number of nitrogens with one attached hydrogen (secondary N) is 1. The molecule has 1 aromatic heterocycles. The highest BCUT2D eigenvalue weighted by Crippen LogP contribution is 2.52. The molecule has 0 radical (unpaired) electrons. The Labute approximate surface area is 208 Å². The maximum Gasteiger partial charge on any atom is 0.260 e. The average molecular weight is 493 g/mol. The largest absolute Gasteiger partial charge is 0.490 e. The van der Waals surface area contributed by atoms with Gasteiger partial charge in [0.05, 0.1) is 6.61 Å². The van der Waals surface area contributed by atoms with Gasteiger partial charge >= 0.3 is 0 Å². The second-order valence-corrected chi connectivity index (χ2v) is 11.5. The second-order valence-electron chi connectivity index (χ2n) is 10.4. The fourth-order valence-corrected chi connectivity index (χ4v) is 6.44. The molecule has 2 bridgehead atoms. The van der Waals surface area contributed by atoms with E-state index >= 15 is 0 Å². The molecule has 1 saturated heterocycles. The van der Waals surface area contributed by atoms with Gasteiger partial charge in [0, 0.05) is 30.6 Å². The smallest absolute Gasteiger partial charge is 0.260 e. The number of hydrogen-bond donors (Lipinski definition) is 1. The highest BCUT2D eigenvalue weighted by atomic mass is 35.5. The Bertz CT molecular complexity index is 934. The Kier molecular flexibility index (Phi) is 8.35. The summed E-state index contributed by atoms with van der Waals surface area (Å²) in [5, 5.41) is 5.56. The monoisotopic (exact) mass is 492 g/mol. The van der Waals surface area contributed by atoms with Crippen molar-refractivity contribution < 1.29 is 14.3 Å². The van der Waals surface area contributed by atoms with Crippen molar-refractivity contribution in [3.8, 4) is 11.5 Å². The minimum Gasteiger partial charge on any atom is -0.490 e. The minimum atomic E-state index is 0. The van der Waals surface area contributed by atoms with E-state index in [4.69, 9.17) is 9.47 Å². The Morgan fingerprint density at radius 1 is 1.15 bits per heavy atom. The minimum absolute atomic E-state index is 0. The lowest BCUT2D eigenvalue weighted by Crippen LogP contribution is -2.40. The van der Waals surface area contributed by atoms with E-state index in [1.807, 2.05) is 25.1 Å². The fraction of sp³-hybridized carbons (Fsp3) is 0.577. The van der Waals surface area contributed by atoms with Crippen molar-refractivity contribution in [1.29, 1.82) is 0 Å². The molecule has 2 atom stereocenters. The zero-order valence-electron chi connectivity index (χ0n) is 20.2. The molecule has 33 heavy (non-hydrogen) atoms. The lowest BCUT2D eigenvalue weighted by atomic mass is 9.65. The number of halogens is 1. The number of carbonyl (C=O) groups excluding carboxylic acids is 1. The lowest BCUT2D eigenvalue weighted by molar-refractivity contribution is -0.134. The standard InChI is InChI=1S/C26H36N2O3S.ClH/c1-5-30-23-11-19(14-27-15-21-7-6-10-32-21)8-9-22(23)31-16-24(29)28-18-26(4)13-20(28)12-25(2,3)17-26;/h6-11,20,27H,5,12-18H2,1-4H3;1H. The van der Waals surface area contributed by atoms with Crippen LogP contribution in [-0.2, 0) is 17.9 Å². The van der Waals surface area contributed by atoms with Gasteiger partial charge in [0.25, 0.3) is 5.91 Å². The van der Waals surface area contributed by atoms with Gasteiger partial charge in [-0.25, -0.2) is 0 Å². The highest BCUT2D eigenvalue weighted by Gasteiger charge is 2.50. The first kappa shape index (κ1) is 25.9. The van der Waals surface area contributed by atoms with Crippen molar-refractivity contribution in [2.24, 2.45) is 10.8 Å². The molecule has 1 amide bonds. The summed E-state index contributed by atoms with van der Waals surface area (Å²) in [6.07, 6.45) is 3.36. The van der Waals surface area contributed by atoms with Crippen LogP contribution < -0.4 is 14.8 Å². The Morgan fingerprint density at radius 3 is 2.70 bits per heavy atom. The number of fused-ring (bicyclic) bond motifs is 2. The van der Waals surface area contributed by atoms with Crippen molar-refractivity contribution in [1.82, 2.24) is 10.2 Å². The molecule has 4 rings (SSSR count). The molecule has 2 aliphatic rings. The molecular weight excluding hydrogens is 456 g/mol. The van der Waals surface area contributed by atoms with Gasteiger partial charge in [-0.05, 0) is 66.2 Å². The van der Waals surface area contributed by atoms with E-state index in [0.717, 1.165) is 38.0 Å². The van der Waals surface area contributed by atoms with E-state index in [1.165, 1.54) is 11.3 Å². The van der Waals surface area contributed by atoms with Gasteiger partial charge in [-0.2, -0.15) is 0 Å². The summed E-state index contributed by atoms with van der Waals surface area (Å²) in [5.74, 6) is 1.42. The number of rotatable bonds is 9. The third-order valence-electron chi connectivity index (χ3n) is 6.60. The quantitative estimate of drug-likeness (QED) is 0.490. The lowest BCUT2D eigenvalue weighted by Gasteiger charge is -2.39.